The molecule has 0 rings (SSSR count). The lowest BCUT2D eigenvalue weighted by molar-refractivity contribution is -0.294. The van der Waals surface area contributed by atoms with Gasteiger partial charge in [0.25, 0.3) is 0 Å². The zero-order valence-corrected chi connectivity index (χ0v) is 15.8. The summed E-state index contributed by atoms with van der Waals surface area (Å²) < 4.78 is 74.8. The van der Waals surface area contributed by atoms with E-state index in [9.17, 15) is 36.3 Å². The molecule has 0 bridgehead atoms. The Hall–Kier alpha value is -2.20. The van der Waals surface area contributed by atoms with Gasteiger partial charge in [0, 0.05) is 23.8 Å². The largest absolute Gasteiger partial charge is 0.465 e. The highest BCUT2D eigenvalue weighted by Crippen LogP contribution is 2.35. The van der Waals surface area contributed by atoms with E-state index >= 15 is 0 Å². The maximum Gasteiger partial charge on any atom is 0.456 e. The fourth-order valence-electron chi connectivity index (χ4n) is 1.48. The van der Waals surface area contributed by atoms with Crippen LogP contribution in [0.25, 0.3) is 0 Å². The Morgan fingerprint density at radius 3 is 1.68 bits per heavy atom. The van der Waals surface area contributed by atoms with E-state index in [0.29, 0.717) is 0 Å². The number of halogens is 5. The molecule has 0 aliphatic carbocycles. The standard InChI is InChI=1S/C17H23F5O6/c1-11(2)14(25)28-9-15(3,4)8-26-12(23)6-5-7-13(24)27-10-16(18,19)17(20,21)22/h1,5-10H2,2-4H3. The first kappa shape index (κ1) is 25.8. The molecule has 0 saturated heterocycles. The summed E-state index contributed by atoms with van der Waals surface area (Å²) in [5.41, 5.74) is -0.476. The second-order valence-electron chi connectivity index (χ2n) is 6.90. The first-order valence-electron chi connectivity index (χ1n) is 8.16. The molecule has 0 amide bonds. The molecule has 0 aromatic rings. The molecule has 0 fully saturated rings. The minimum atomic E-state index is -5.82. The minimum Gasteiger partial charge on any atom is -0.465 e. The van der Waals surface area contributed by atoms with Gasteiger partial charge >= 0.3 is 30.0 Å². The third-order valence-corrected chi connectivity index (χ3v) is 3.16. The highest BCUT2D eigenvalue weighted by atomic mass is 19.4. The maximum absolute atomic E-state index is 12.6. The second-order valence-corrected chi connectivity index (χ2v) is 6.90. The smallest absolute Gasteiger partial charge is 0.456 e. The number of hydrogen-bond acceptors (Lipinski definition) is 6. The summed E-state index contributed by atoms with van der Waals surface area (Å²) in [4.78, 5) is 34.1. The van der Waals surface area contributed by atoms with Gasteiger partial charge in [-0.1, -0.05) is 20.4 Å². The molecule has 0 heterocycles. The lowest BCUT2D eigenvalue weighted by atomic mass is 9.96. The molecule has 28 heavy (non-hydrogen) atoms. The summed E-state index contributed by atoms with van der Waals surface area (Å²) in [7, 11) is 0. The predicted molar refractivity (Wildman–Crippen MR) is 86.3 cm³/mol. The number of hydrogen-bond donors (Lipinski definition) is 0. The molecule has 0 aliphatic heterocycles. The van der Waals surface area contributed by atoms with Crippen LogP contribution in [-0.2, 0) is 28.6 Å². The predicted octanol–water partition coefficient (Wildman–Crippen LogP) is 3.59. The number of alkyl halides is 5. The second kappa shape index (κ2) is 10.4. The molecule has 0 spiro atoms. The quantitative estimate of drug-likeness (QED) is 0.221. The number of esters is 3. The van der Waals surface area contributed by atoms with Gasteiger partial charge < -0.3 is 14.2 Å². The van der Waals surface area contributed by atoms with Gasteiger partial charge in [-0.05, 0) is 13.3 Å². The summed E-state index contributed by atoms with van der Waals surface area (Å²) in [6.07, 6.45) is -6.77. The summed E-state index contributed by atoms with van der Waals surface area (Å²) >= 11 is 0. The number of carbonyl (C=O) groups excluding carboxylic acids is 3. The van der Waals surface area contributed by atoms with Crippen LogP contribution in [0, 0.1) is 5.41 Å². The van der Waals surface area contributed by atoms with Crippen LogP contribution in [0.3, 0.4) is 0 Å². The molecular weight excluding hydrogens is 395 g/mol. The van der Waals surface area contributed by atoms with Gasteiger partial charge in [0.2, 0.25) is 0 Å². The van der Waals surface area contributed by atoms with E-state index in [0.717, 1.165) is 0 Å². The maximum atomic E-state index is 12.6. The van der Waals surface area contributed by atoms with Crippen molar-refractivity contribution < 1.29 is 50.5 Å². The van der Waals surface area contributed by atoms with E-state index in [-0.39, 0.29) is 31.6 Å². The number of ether oxygens (including phenoxy) is 3. The first-order chi connectivity index (χ1) is 12.6. The zero-order chi connectivity index (χ0) is 22.2. The van der Waals surface area contributed by atoms with Crippen molar-refractivity contribution in [3.63, 3.8) is 0 Å². The summed E-state index contributed by atoms with van der Waals surface area (Å²) in [5.74, 6) is -7.73. The molecule has 0 N–H and O–H groups in total. The lowest BCUT2D eigenvalue weighted by Crippen LogP contribution is -2.41. The van der Waals surface area contributed by atoms with Crippen molar-refractivity contribution in [2.75, 3.05) is 19.8 Å². The van der Waals surface area contributed by atoms with E-state index in [1.165, 1.54) is 6.92 Å². The highest BCUT2D eigenvalue weighted by Gasteiger charge is 2.58. The average Bonchev–Trinajstić information content (AvgIpc) is 2.55. The van der Waals surface area contributed by atoms with Crippen LogP contribution < -0.4 is 0 Å². The summed E-state index contributed by atoms with van der Waals surface area (Å²) in [6.45, 7) is 5.99. The van der Waals surface area contributed by atoms with Crippen molar-refractivity contribution in [3.8, 4) is 0 Å². The van der Waals surface area contributed by atoms with Crippen LogP contribution in [0.15, 0.2) is 12.2 Å². The van der Waals surface area contributed by atoms with Gasteiger partial charge in [-0.2, -0.15) is 22.0 Å². The van der Waals surface area contributed by atoms with Gasteiger partial charge in [-0.15, -0.1) is 0 Å². The van der Waals surface area contributed by atoms with Crippen LogP contribution >= 0.6 is 0 Å². The van der Waals surface area contributed by atoms with E-state index in [1.807, 2.05) is 0 Å². The fraction of sp³-hybridized carbons (Fsp3) is 0.706. The van der Waals surface area contributed by atoms with Crippen LogP contribution in [0.1, 0.15) is 40.0 Å². The molecule has 0 aliphatic rings. The third-order valence-electron chi connectivity index (χ3n) is 3.16. The molecule has 0 radical (unpaired) electrons. The fourth-order valence-corrected chi connectivity index (χ4v) is 1.48. The summed E-state index contributed by atoms with van der Waals surface area (Å²) in [5, 5.41) is 0. The Bertz CT molecular complexity index is 583. The monoisotopic (exact) mass is 418 g/mol. The van der Waals surface area contributed by atoms with Crippen molar-refractivity contribution >= 4 is 17.9 Å². The van der Waals surface area contributed by atoms with E-state index in [1.54, 1.807) is 13.8 Å². The Balaban J connectivity index is 4.11. The van der Waals surface area contributed by atoms with Crippen molar-refractivity contribution in [1.29, 1.82) is 0 Å². The van der Waals surface area contributed by atoms with Crippen LogP contribution in [0.5, 0.6) is 0 Å². The molecule has 0 unspecified atom stereocenters. The normalized spacial score (nSPS) is 12.3. The van der Waals surface area contributed by atoms with Gasteiger partial charge in [0.05, 0.1) is 13.2 Å². The third kappa shape index (κ3) is 10.2. The molecule has 0 saturated carbocycles. The Morgan fingerprint density at radius 1 is 0.821 bits per heavy atom. The molecular formula is C17H23F5O6. The molecule has 11 heteroatoms. The SMILES string of the molecule is C=C(C)C(=O)OCC(C)(C)COC(=O)CCCC(=O)OCC(F)(F)C(F)(F)F. The number of carbonyl (C=O) groups is 3. The molecule has 162 valence electrons. The summed E-state index contributed by atoms with van der Waals surface area (Å²) in [6, 6.07) is 0. The molecule has 0 aromatic carbocycles. The van der Waals surface area contributed by atoms with Gasteiger partial charge in [0.1, 0.15) is 0 Å². The van der Waals surface area contributed by atoms with Crippen molar-refractivity contribution in [2.24, 2.45) is 5.41 Å². The molecule has 6 nitrogen and oxygen atoms in total. The Morgan fingerprint density at radius 2 is 1.25 bits per heavy atom. The van der Waals surface area contributed by atoms with Crippen molar-refractivity contribution in [3.05, 3.63) is 12.2 Å². The highest BCUT2D eigenvalue weighted by molar-refractivity contribution is 5.86. The van der Waals surface area contributed by atoms with Gasteiger partial charge in [0.15, 0.2) is 6.61 Å². The first-order valence-corrected chi connectivity index (χ1v) is 8.16. The molecule has 0 aromatic heterocycles. The average molecular weight is 418 g/mol. The zero-order valence-electron chi connectivity index (χ0n) is 15.8. The Kier molecular flexibility index (Phi) is 9.56. The van der Waals surface area contributed by atoms with E-state index < -0.39 is 48.4 Å². The molecule has 0 atom stereocenters. The van der Waals surface area contributed by atoms with Gasteiger partial charge in [-0.3, -0.25) is 9.59 Å². The van der Waals surface area contributed by atoms with E-state index in [2.05, 4.69) is 11.3 Å². The topological polar surface area (TPSA) is 78.9 Å². The number of rotatable bonds is 11. The van der Waals surface area contributed by atoms with Crippen molar-refractivity contribution in [1.82, 2.24) is 0 Å². The van der Waals surface area contributed by atoms with Crippen LogP contribution in [0.2, 0.25) is 0 Å². The minimum absolute atomic E-state index is 0.0360. The van der Waals surface area contributed by atoms with Gasteiger partial charge in [-0.25, -0.2) is 4.79 Å². The van der Waals surface area contributed by atoms with Crippen LogP contribution in [0.4, 0.5) is 22.0 Å². The lowest BCUT2D eigenvalue weighted by Gasteiger charge is -2.23. The van der Waals surface area contributed by atoms with Crippen LogP contribution in [-0.4, -0.2) is 49.8 Å². The Labute approximate surface area is 159 Å². The van der Waals surface area contributed by atoms with E-state index in [4.69, 9.17) is 9.47 Å². The van der Waals surface area contributed by atoms with Crippen molar-refractivity contribution in [2.45, 2.75) is 52.1 Å².